The third-order valence-corrected chi connectivity index (χ3v) is 7.50. The quantitative estimate of drug-likeness (QED) is 0.758. The van der Waals surface area contributed by atoms with Gasteiger partial charge in [0.25, 0.3) is 0 Å². The van der Waals surface area contributed by atoms with Crippen LogP contribution in [0.2, 0.25) is 0 Å². The van der Waals surface area contributed by atoms with Crippen molar-refractivity contribution in [3.63, 3.8) is 0 Å². The van der Waals surface area contributed by atoms with E-state index in [4.69, 9.17) is 0 Å². The van der Waals surface area contributed by atoms with E-state index in [9.17, 15) is 8.42 Å². The van der Waals surface area contributed by atoms with E-state index in [-0.39, 0.29) is 11.0 Å². The number of hydrazine groups is 1. The van der Waals surface area contributed by atoms with Crippen LogP contribution >= 0.6 is 11.8 Å². The highest BCUT2D eigenvalue weighted by molar-refractivity contribution is 8.00. The van der Waals surface area contributed by atoms with Crippen LogP contribution in [0.4, 0.5) is 5.69 Å². The van der Waals surface area contributed by atoms with E-state index in [1.165, 1.54) is 5.56 Å². The highest BCUT2D eigenvalue weighted by atomic mass is 32.2. The zero-order chi connectivity index (χ0) is 16.2. The van der Waals surface area contributed by atoms with Gasteiger partial charge in [-0.15, -0.1) is 11.8 Å². The van der Waals surface area contributed by atoms with Gasteiger partial charge in [0.1, 0.15) is 5.50 Å². The normalized spacial score (nSPS) is 28.9. The van der Waals surface area contributed by atoms with Crippen molar-refractivity contribution in [3.8, 4) is 0 Å². The molecule has 0 aromatic heterocycles. The lowest BCUT2D eigenvalue weighted by Crippen LogP contribution is -2.43. The molecular weight excluding hydrogens is 332 g/mol. The molecule has 2 unspecified atom stereocenters. The molecule has 0 amide bonds. The first kappa shape index (κ1) is 15.7. The van der Waals surface area contributed by atoms with Gasteiger partial charge in [-0.3, -0.25) is 0 Å². The molecule has 1 aromatic rings. The van der Waals surface area contributed by atoms with Gasteiger partial charge in [-0.05, 0) is 50.8 Å². The van der Waals surface area contributed by atoms with Crippen molar-refractivity contribution >= 4 is 27.5 Å². The minimum absolute atomic E-state index is 0.137. The van der Waals surface area contributed by atoms with Gasteiger partial charge in [0.2, 0.25) is 10.0 Å². The number of nitrogens with zero attached hydrogens (tertiary/aromatic N) is 1. The molecule has 0 bridgehead atoms. The molecule has 1 saturated heterocycles. The molecule has 2 atom stereocenters. The van der Waals surface area contributed by atoms with Gasteiger partial charge in [0.15, 0.2) is 0 Å². The van der Waals surface area contributed by atoms with E-state index in [2.05, 4.69) is 27.4 Å². The monoisotopic (exact) mass is 354 g/mol. The fourth-order valence-corrected chi connectivity index (χ4v) is 5.58. The summed E-state index contributed by atoms with van der Waals surface area (Å²) in [5.41, 5.74) is 8.59. The molecule has 1 aromatic carbocycles. The highest BCUT2D eigenvalue weighted by Crippen LogP contribution is 2.38. The first-order valence-electron chi connectivity index (χ1n) is 7.96. The average Bonchev–Trinajstić information content (AvgIpc) is 2.89. The smallest absolute Gasteiger partial charge is 0.241 e. The maximum Gasteiger partial charge on any atom is 0.241 e. The van der Waals surface area contributed by atoms with Gasteiger partial charge in [-0.1, -0.05) is 6.07 Å². The number of fused-ring (bicyclic) bond motifs is 1. The summed E-state index contributed by atoms with van der Waals surface area (Å²) in [6.07, 6.45) is 2.78. The highest BCUT2D eigenvalue weighted by Gasteiger charge is 2.41. The Morgan fingerprint density at radius 3 is 2.78 bits per heavy atom. The molecule has 8 heteroatoms. The van der Waals surface area contributed by atoms with Crippen molar-refractivity contribution in [3.05, 3.63) is 23.8 Å². The summed E-state index contributed by atoms with van der Waals surface area (Å²) in [7, 11) is -3.45. The largest absolute Gasteiger partial charge is 0.346 e. The van der Waals surface area contributed by atoms with Gasteiger partial charge in [0.05, 0.1) is 10.3 Å². The summed E-state index contributed by atoms with van der Waals surface area (Å²) in [4.78, 5) is 2.61. The first-order valence-corrected chi connectivity index (χ1v) is 10.4. The third kappa shape index (κ3) is 2.98. The molecular formula is C15H22N4O2S2. The lowest BCUT2D eigenvalue weighted by atomic mass is 10.2. The molecule has 23 heavy (non-hydrogen) atoms. The predicted octanol–water partition coefficient (Wildman–Crippen LogP) is 1.35. The standard InChI is InChI=1S/C15H22N4O2S2/c1-10-16-17-14(22-10)19-8-5-11-3-4-12(9-13(11)19)23(20,21)18-15(2)6-7-15/h3-4,9-10,14,16-18H,5-8H2,1-2H3. The topological polar surface area (TPSA) is 73.5 Å². The second kappa shape index (κ2) is 5.35. The van der Waals surface area contributed by atoms with E-state index in [0.717, 1.165) is 31.5 Å². The summed E-state index contributed by atoms with van der Waals surface area (Å²) < 4.78 is 28.0. The number of anilines is 1. The van der Waals surface area contributed by atoms with Crippen LogP contribution in [0.25, 0.3) is 0 Å². The molecule has 6 nitrogen and oxygen atoms in total. The molecule has 1 saturated carbocycles. The predicted molar refractivity (Wildman–Crippen MR) is 92.6 cm³/mol. The third-order valence-electron chi connectivity index (χ3n) is 4.71. The van der Waals surface area contributed by atoms with E-state index in [0.29, 0.717) is 10.3 Å². The lowest BCUT2D eigenvalue weighted by Gasteiger charge is -2.26. The zero-order valence-corrected chi connectivity index (χ0v) is 14.9. The molecule has 3 aliphatic rings. The Morgan fingerprint density at radius 1 is 1.35 bits per heavy atom. The fourth-order valence-electron chi connectivity index (χ4n) is 3.07. The van der Waals surface area contributed by atoms with Gasteiger partial charge in [0, 0.05) is 17.8 Å². The second-order valence-corrected chi connectivity index (χ2v) is 9.93. The molecule has 0 spiro atoms. The number of rotatable bonds is 4. The van der Waals surface area contributed by atoms with Gasteiger partial charge in [-0.25, -0.2) is 24.0 Å². The van der Waals surface area contributed by atoms with Gasteiger partial charge < -0.3 is 4.90 Å². The van der Waals surface area contributed by atoms with E-state index >= 15 is 0 Å². The molecule has 2 aliphatic heterocycles. The summed E-state index contributed by atoms with van der Waals surface area (Å²) in [5.74, 6) is 0. The maximum absolute atomic E-state index is 12.6. The summed E-state index contributed by atoms with van der Waals surface area (Å²) in [6.45, 7) is 4.97. The minimum Gasteiger partial charge on any atom is -0.346 e. The number of thioether (sulfide) groups is 1. The molecule has 2 fully saturated rings. The van der Waals surface area contributed by atoms with Crippen LogP contribution in [-0.4, -0.2) is 31.4 Å². The Labute approximate surface area is 141 Å². The van der Waals surface area contributed by atoms with Crippen molar-refractivity contribution in [2.24, 2.45) is 0 Å². The fraction of sp³-hybridized carbons (Fsp3) is 0.600. The van der Waals surface area contributed by atoms with E-state index in [1.807, 2.05) is 19.1 Å². The van der Waals surface area contributed by atoms with Crippen molar-refractivity contribution in [1.82, 2.24) is 15.6 Å². The summed E-state index contributed by atoms with van der Waals surface area (Å²) >= 11 is 1.80. The Hall–Kier alpha value is -0.800. The molecule has 1 aliphatic carbocycles. The van der Waals surface area contributed by atoms with Crippen LogP contribution in [0.5, 0.6) is 0 Å². The number of sulfonamides is 1. The van der Waals surface area contributed by atoms with Crippen molar-refractivity contribution in [2.45, 2.75) is 54.4 Å². The lowest BCUT2D eigenvalue weighted by molar-refractivity contribution is 0.536. The Bertz CT molecular complexity index is 733. The molecule has 2 heterocycles. The number of hydrogen-bond acceptors (Lipinski definition) is 6. The Morgan fingerprint density at radius 2 is 2.13 bits per heavy atom. The van der Waals surface area contributed by atoms with Crippen LogP contribution in [0, 0.1) is 0 Å². The molecule has 4 rings (SSSR count). The van der Waals surface area contributed by atoms with E-state index in [1.54, 1.807) is 17.8 Å². The summed E-state index contributed by atoms with van der Waals surface area (Å²) in [5, 5.41) is 0.340. The van der Waals surface area contributed by atoms with Crippen molar-refractivity contribution < 1.29 is 8.42 Å². The number of nitrogens with one attached hydrogen (secondary N) is 3. The number of hydrogen-bond donors (Lipinski definition) is 3. The first-order chi connectivity index (χ1) is 10.9. The Balaban J connectivity index is 1.62. The maximum atomic E-state index is 12.6. The van der Waals surface area contributed by atoms with Crippen molar-refractivity contribution in [1.29, 1.82) is 0 Å². The van der Waals surface area contributed by atoms with Crippen molar-refractivity contribution in [2.75, 3.05) is 11.4 Å². The van der Waals surface area contributed by atoms with Crippen LogP contribution in [0.15, 0.2) is 23.1 Å². The summed E-state index contributed by atoms with van der Waals surface area (Å²) in [6, 6.07) is 5.50. The zero-order valence-electron chi connectivity index (χ0n) is 13.3. The van der Waals surface area contributed by atoms with Gasteiger partial charge >= 0.3 is 0 Å². The molecule has 0 radical (unpaired) electrons. The minimum atomic E-state index is -3.45. The SMILES string of the molecule is CC1NNC(N2CCc3ccc(S(=O)(=O)NC4(C)CC4)cc32)S1. The number of benzene rings is 1. The Kier molecular flexibility index (Phi) is 3.66. The van der Waals surface area contributed by atoms with Crippen LogP contribution < -0.4 is 20.5 Å². The molecule has 126 valence electrons. The van der Waals surface area contributed by atoms with E-state index < -0.39 is 10.0 Å². The van der Waals surface area contributed by atoms with Crippen LogP contribution in [-0.2, 0) is 16.4 Å². The van der Waals surface area contributed by atoms with Gasteiger partial charge in [-0.2, -0.15) is 0 Å². The molecule has 3 N–H and O–H groups in total. The van der Waals surface area contributed by atoms with Crippen LogP contribution in [0.3, 0.4) is 0 Å². The average molecular weight is 355 g/mol. The second-order valence-electron chi connectivity index (χ2n) is 6.82. The van der Waals surface area contributed by atoms with Crippen LogP contribution in [0.1, 0.15) is 32.3 Å².